The van der Waals surface area contributed by atoms with E-state index in [1.165, 1.54) is 55.6 Å². The number of para-hydroxylation sites is 1. The van der Waals surface area contributed by atoms with Crippen molar-refractivity contribution in [2.24, 2.45) is 0 Å². The number of hydrogen-bond acceptors (Lipinski definition) is 13. The quantitative estimate of drug-likeness (QED) is 0.0259. The van der Waals surface area contributed by atoms with E-state index >= 15 is 0 Å². The predicted molar refractivity (Wildman–Crippen MR) is 348 cm³/mol. The number of nitrogens with two attached hydrogens (primary N) is 1. The Labute approximate surface area is 522 Å². The van der Waals surface area contributed by atoms with E-state index in [4.69, 9.17) is 44.6 Å². The van der Waals surface area contributed by atoms with Crippen LogP contribution in [0.1, 0.15) is 174 Å². The highest BCUT2D eigenvalue weighted by Gasteiger charge is 2.34. The fraction of sp³-hybridized carbons (Fsp3) is 0.400. The fourth-order valence-electron chi connectivity index (χ4n) is 11.7. The van der Waals surface area contributed by atoms with Crippen molar-refractivity contribution in [3.8, 4) is 17.2 Å². The second kappa shape index (κ2) is 35.7. The molecule has 88 heavy (non-hydrogen) atoms. The summed E-state index contributed by atoms with van der Waals surface area (Å²) in [4.78, 5) is 45.6. The van der Waals surface area contributed by atoms with Crippen LogP contribution in [0.2, 0.25) is 0 Å². The smallest absolute Gasteiger partial charge is 0.373 e. The summed E-state index contributed by atoms with van der Waals surface area (Å²) in [5, 5.41) is 46.9. The Hall–Kier alpha value is -7.99. The summed E-state index contributed by atoms with van der Waals surface area (Å²) in [6, 6.07) is 45.8. The van der Waals surface area contributed by atoms with Gasteiger partial charge in [-0.2, -0.15) is 19.2 Å². The van der Waals surface area contributed by atoms with Crippen molar-refractivity contribution in [1.82, 2.24) is 0 Å². The number of phenolic OH excluding ortho intramolecular Hbond substituents is 1. The highest BCUT2D eigenvalue weighted by molar-refractivity contribution is 5.99. The first-order chi connectivity index (χ1) is 41.9. The van der Waals surface area contributed by atoms with Gasteiger partial charge in [0.25, 0.3) is 0 Å². The van der Waals surface area contributed by atoms with E-state index in [-0.39, 0.29) is 67.2 Å². The van der Waals surface area contributed by atoms with Gasteiger partial charge < -0.3 is 40.7 Å². The van der Waals surface area contributed by atoms with Gasteiger partial charge in [0.15, 0.2) is 5.78 Å². The summed E-state index contributed by atoms with van der Waals surface area (Å²) in [5.74, 6) is 1.88. The molecule has 0 aliphatic carbocycles. The average Bonchev–Trinajstić information content (AvgIpc) is 1.47. The van der Waals surface area contributed by atoms with Crippen LogP contribution in [0.25, 0.3) is 0 Å². The van der Waals surface area contributed by atoms with Gasteiger partial charge in [-0.3, -0.25) is 4.79 Å². The molecule has 13 heteroatoms. The number of nitrogen functional groups attached to an aromatic ring is 1. The molecule has 0 radical (unpaired) electrons. The Balaban J connectivity index is 0.000000340. The van der Waals surface area contributed by atoms with Crippen molar-refractivity contribution in [2.75, 3.05) is 32.2 Å². The number of aliphatic hydroxyl groups is 4. The van der Waals surface area contributed by atoms with E-state index in [2.05, 4.69) is 154 Å². The summed E-state index contributed by atoms with van der Waals surface area (Å²) in [7, 11) is 0. The lowest BCUT2D eigenvalue weighted by atomic mass is 9.69. The van der Waals surface area contributed by atoms with Crippen LogP contribution in [-0.4, -0.2) is 82.3 Å². The Morgan fingerprint density at radius 3 is 1.08 bits per heavy atom. The molecule has 0 heterocycles. The number of hydrogen-bond donors (Lipinski definition) is 6. The normalized spacial score (nSPS) is 11.7. The minimum absolute atomic E-state index is 0.0215. The summed E-state index contributed by atoms with van der Waals surface area (Å²) in [6.07, 6.45) is 4.98. The van der Waals surface area contributed by atoms with E-state index < -0.39 is 12.2 Å². The molecule has 0 saturated carbocycles. The minimum atomic E-state index is -0.901. The maximum atomic E-state index is 13.1. The van der Waals surface area contributed by atoms with E-state index in [1.54, 1.807) is 0 Å². The number of aliphatic hydroxyl groups excluding tert-OH is 4. The number of carbonyl (C=O) groups excluding carboxylic acids is 5. The first kappa shape index (κ1) is 74.3. The molecule has 0 aromatic heterocycles. The fourth-order valence-corrected chi connectivity index (χ4v) is 11.7. The lowest BCUT2D eigenvalue weighted by Crippen LogP contribution is -2.27. The summed E-state index contributed by atoms with van der Waals surface area (Å²) in [5.41, 5.74) is 25.0. The van der Waals surface area contributed by atoms with Crippen LogP contribution in [0, 0.1) is 55.4 Å². The third kappa shape index (κ3) is 18.8. The van der Waals surface area contributed by atoms with Gasteiger partial charge in [-0.1, -0.05) is 151 Å². The van der Waals surface area contributed by atoms with Crippen molar-refractivity contribution >= 4 is 23.8 Å². The molecule has 7 N–H and O–H groups in total. The van der Waals surface area contributed by atoms with E-state index in [0.29, 0.717) is 17.2 Å². The Bertz CT molecular complexity index is 3350. The highest BCUT2D eigenvalue weighted by atomic mass is 16.5. The van der Waals surface area contributed by atoms with Crippen LogP contribution < -0.4 is 15.2 Å². The molecule has 13 nitrogen and oxygen atoms in total. The van der Waals surface area contributed by atoms with Gasteiger partial charge in [-0.15, -0.1) is 0 Å². The first-order valence-electron chi connectivity index (χ1n) is 30.4. The monoisotopic (exact) mass is 1200 g/mol. The van der Waals surface area contributed by atoms with Gasteiger partial charge in [0, 0.05) is 33.9 Å². The second-order valence-corrected chi connectivity index (χ2v) is 22.7. The standard InChI is InChI=1S/C30H37NO4.C23H32O3.C20H26O.2CO2/c1-5-30(6-2,24-12-14-29(21(4)16-24)35-19-25(33)18-32)23-11-13-26(20(3)15-23)28(34)17-22-9-7-8-10-27(22)31;1-6-23(7-2,19-9-8-16(3)17(4)12-19)20-10-11-22(18(5)13-20)26-15-21(25)14-24;1-6-20(7-2,17-9-8-14(3)15(4)12-17)18-10-11-19(21)16(5)13-18;2*2-1-3/h7-16,25,32-33H,5-6,17-19,31H2,1-4H3;8-13,21,24-25H,6-7,14-15H2,1-5H3;8-13,21H,6-7H2,1-5H3;;. The molecule has 0 aliphatic heterocycles. The van der Waals surface area contributed by atoms with Crippen LogP contribution in [0.3, 0.4) is 0 Å². The molecule has 0 bridgehead atoms. The third-order valence-corrected chi connectivity index (χ3v) is 17.7. The average molecular weight is 1200 g/mol. The zero-order chi connectivity index (χ0) is 65.9. The number of anilines is 1. The van der Waals surface area contributed by atoms with Gasteiger partial charge in [-0.25, -0.2) is 0 Å². The van der Waals surface area contributed by atoms with E-state index in [1.807, 2.05) is 76.2 Å². The molecule has 2 unspecified atom stereocenters. The molecule has 0 aliphatic rings. The van der Waals surface area contributed by atoms with Crippen molar-refractivity contribution in [2.45, 2.75) is 170 Å². The Morgan fingerprint density at radius 1 is 0.443 bits per heavy atom. The number of carbonyl (C=O) groups is 1. The van der Waals surface area contributed by atoms with E-state index in [9.17, 15) is 20.1 Å². The van der Waals surface area contributed by atoms with Gasteiger partial charge >= 0.3 is 12.3 Å². The SMILES string of the molecule is CCC(CC)(c1ccc(C)c(C)c1)c1ccc(O)c(C)c1.CCC(CC)(c1ccc(C)c(C)c1)c1ccc(OCC(O)CO)c(C)c1.CCC(CC)(c1ccc(OCC(O)CO)c(C)c1)c1ccc(C(=O)Cc2ccccc2N)c(C)c1.O=C=O.O=C=O. The largest absolute Gasteiger partial charge is 0.508 e. The molecule has 2 atom stereocenters. The lowest BCUT2D eigenvalue weighted by molar-refractivity contribution is -0.193. The molecule has 7 aromatic rings. The maximum absolute atomic E-state index is 13.1. The molecule has 0 saturated heterocycles. The molecule has 472 valence electrons. The maximum Gasteiger partial charge on any atom is 0.373 e. The lowest BCUT2D eigenvalue weighted by Gasteiger charge is -2.34. The number of aromatic hydroxyl groups is 1. The summed E-state index contributed by atoms with van der Waals surface area (Å²) >= 11 is 0. The van der Waals surface area contributed by atoms with Gasteiger partial charge in [-0.05, 0) is 202 Å². The highest BCUT2D eigenvalue weighted by Crippen LogP contribution is 2.44. The van der Waals surface area contributed by atoms with Crippen molar-refractivity contribution in [3.63, 3.8) is 0 Å². The van der Waals surface area contributed by atoms with Gasteiger partial charge in [0.2, 0.25) is 0 Å². The predicted octanol–water partition coefficient (Wildman–Crippen LogP) is 13.9. The number of phenols is 1. The molecular weight excluding hydrogens is 1110 g/mol. The summed E-state index contributed by atoms with van der Waals surface area (Å²) in [6.45, 7) is 29.5. The van der Waals surface area contributed by atoms with Gasteiger partial charge in [0.1, 0.15) is 42.7 Å². The zero-order valence-electron chi connectivity index (χ0n) is 54.3. The van der Waals surface area contributed by atoms with Crippen LogP contribution >= 0.6 is 0 Å². The van der Waals surface area contributed by atoms with Crippen LogP contribution in [0.4, 0.5) is 5.69 Å². The number of rotatable bonds is 23. The number of benzene rings is 7. The van der Waals surface area contributed by atoms with Crippen LogP contribution in [-0.2, 0) is 41.8 Å². The molecule has 0 spiro atoms. The zero-order valence-corrected chi connectivity index (χ0v) is 54.3. The third-order valence-electron chi connectivity index (χ3n) is 17.7. The second-order valence-electron chi connectivity index (χ2n) is 22.7. The van der Waals surface area contributed by atoms with Gasteiger partial charge in [0.05, 0.1) is 13.2 Å². The van der Waals surface area contributed by atoms with Crippen LogP contribution in [0.5, 0.6) is 17.2 Å². The molecule has 7 rings (SSSR count). The Kier molecular flexibility index (Phi) is 30.1. The number of Topliss-reactive ketones (excluding diaryl/α,β-unsaturated/α-hetero) is 1. The van der Waals surface area contributed by atoms with Crippen molar-refractivity contribution in [3.05, 3.63) is 222 Å². The molecule has 0 amide bonds. The Morgan fingerprint density at radius 2 is 0.761 bits per heavy atom. The molecular formula is C75H95NO12. The number of ether oxygens (including phenoxy) is 2. The number of aryl methyl sites for hydroxylation is 8. The topological polar surface area (TPSA) is 231 Å². The minimum Gasteiger partial charge on any atom is -0.508 e. The van der Waals surface area contributed by atoms with Crippen molar-refractivity contribution < 1.29 is 59.0 Å². The molecule has 0 fully saturated rings. The number of ketones is 1. The summed E-state index contributed by atoms with van der Waals surface area (Å²) < 4.78 is 11.3. The first-order valence-corrected chi connectivity index (χ1v) is 30.4. The van der Waals surface area contributed by atoms with E-state index in [0.717, 1.165) is 77.7 Å². The van der Waals surface area contributed by atoms with Crippen LogP contribution in [0.15, 0.2) is 133 Å². The molecule has 7 aromatic carbocycles. The van der Waals surface area contributed by atoms with Crippen molar-refractivity contribution in [1.29, 1.82) is 0 Å².